The van der Waals surface area contributed by atoms with Gasteiger partial charge in [0.1, 0.15) is 5.75 Å². The van der Waals surface area contributed by atoms with Crippen molar-refractivity contribution in [1.29, 1.82) is 0 Å². The second-order valence-electron chi connectivity index (χ2n) is 7.97. The Hall–Kier alpha value is -2.61. The molecule has 1 heterocycles. The van der Waals surface area contributed by atoms with E-state index in [4.69, 9.17) is 9.47 Å². The summed E-state index contributed by atoms with van der Waals surface area (Å²) in [4.78, 5) is 6.89. The number of β-amino-alcohol motifs (C(OH)–C–C–N with tert-alkyl or cyclic N) is 1. The number of rotatable bonds is 11. The van der Waals surface area contributed by atoms with E-state index in [1.54, 1.807) is 7.11 Å². The molecule has 1 aliphatic rings. The van der Waals surface area contributed by atoms with Gasteiger partial charge in [0.2, 0.25) is 0 Å². The van der Waals surface area contributed by atoms with Crippen LogP contribution in [0, 0.1) is 0 Å². The predicted molar refractivity (Wildman–Crippen MR) is 129 cm³/mol. The van der Waals surface area contributed by atoms with Gasteiger partial charge in [0, 0.05) is 58.1 Å². The van der Waals surface area contributed by atoms with Crippen LogP contribution in [0.2, 0.25) is 0 Å². The van der Waals surface area contributed by atoms with Gasteiger partial charge >= 0.3 is 0 Å². The van der Waals surface area contributed by atoms with Gasteiger partial charge in [-0.2, -0.15) is 0 Å². The molecule has 174 valence electrons. The first kappa shape index (κ1) is 24.0. The van der Waals surface area contributed by atoms with Crippen LogP contribution in [0.15, 0.2) is 53.5 Å². The standard InChI is InChI=1S/C25H36N4O3/c1-3-26-25(28-22-10-6-11-24(16-22)32-15-7-14-31-2)27-17-23(30)19-29-13-12-20-8-4-5-9-21(20)18-29/h4-6,8-11,16,23,30H,3,7,12-15,17-19H2,1-2H3,(H2,26,27,28). The maximum atomic E-state index is 10.6. The van der Waals surface area contributed by atoms with E-state index < -0.39 is 6.10 Å². The maximum absolute atomic E-state index is 10.6. The van der Waals surface area contributed by atoms with Gasteiger partial charge in [-0.15, -0.1) is 0 Å². The van der Waals surface area contributed by atoms with Gasteiger partial charge in [-0.25, -0.2) is 0 Å². The van der Waals surface area contributed by atoms with Gasteiger partial charge in [0.05, 0.1) is 19.3 Å². The predicted octanol–water partition coefficient (Wildman–Crippen LogP) is 2.90. The fourth-order valence-electron chi connectivity index (χ4n) is 3.76. The van der Waals surface area contributed by atoms with E-state index in [1.807, 2.05) is 31.2 Å². The van der Waals surface area contributed by atoms with Crippen molar-refractivity contribution in [2.24, 2.45) is 4.99 Å². The minimum Gasteiger partial charge on any atom is -0.493 e. The number of aliphatic imine (C=N–C) groups is 1. The Morgan fingerprint density at radius 3 is 2.81 bits per heavy atom. The van der Waals surface area contributed by atoms with Crippen molar-refractivity contribution in [3.05, 3.63) is 59.7 Å². The number of aliphatic hydroxyl groups is 1. The lowest BCUT2D eigenvalue weighted by molar-refractivity contribution is 0.112. The first-order valence-electron chi connectivity index (χ1n) is 11.4. The SMILES string of the molecule is CCNC(=NCC(O)CN1CCc2ccccc2C1)Nc1cccc(OCCCOC)c1. The average Bonchev–Trinajstić information content (AvgIpc) is 2.81. The molecule has 0 bridgehead atoms. The number of aliphatic hydroxyl groups excluding tert-OH is 1. The number of hydrogen-bond acceptors (Lipinski definition) is 5. The van der Waals surface area contributed by atoms with Gasteiger partial charge in [-0.1, -0.05) is 30.3 Å². The molecule has 0 radical (unpaired) electrons. The van der Waals surface area contributed by atoms with Gasteiger partial charge in [0.25, 0.3) is 0 Å². The summed E-state index contributed by atoms with van der Waals surface area (Å²) in [5, 5.41) is 17.1. The number of hydrogen-bond donors (Lipinski definition) is 3. The number of methoxy groups -OCH3 is 1. The first-order valence-corrected chi connectivity index (χ1v) is 11.4. The molecule has 1 atom stereocenters. The summed E-state index contributed by atoms with van der Waals surface area (Å²) in [5.74, 6) is 1.44. The van der Waals surface area contributed by atoms with Crippen molar-refractivity contribution in [2.75, 3.05) is 51.8 Å². The minimum absolute atomic E-state index is 0.334. The molecule has 0 aromatic heterocycles. The molecule has 2 aromatic carbocycles. The topological polar surface area (TPSA) is 78.4 Å². The maximum Gasteiger partial charge on any atom is 0.195 e. The summed E-state index contributed by atoms with van der Waals surface area (Å²) in [5.41, 5.74) is 3.66. The monoisotopic (exact) mass is 440 g/mol. The molecule has 0 aliphatic carbocycles. The molecule has 0 saturated heterocycles. The highest BCUT2D eigenvalue weighted by Gasteiger charge is 2.18. The molecule has 2 aromatic rings. The fraction of sp³-hybridized carbons (Fsp3) is 0.480. The summed E-state index contributed by atoms with van der Waals surface area (Å²) in [6, 6.07) is 16.3. The average molecular weight is 441 g/mol. The Bertz CT molecular complexity index is 859. The third kappa shape index (κ3) is 7.82. The third-order valence-corrected chi connectivity index (χ3v) is 5.34. The first-order chi connectivity index (χ1) is 15.7. The van der Waals surface area contributed by atoms with Crippen LogP contribution < -0.4 is 15.4 Å². The summed E-state index contributed by atoms with van der Waals surface area (Å²) in [6.07, 6.45) is 1.35. The number of nitrogens with zero attached hydrogens (tertiary/aromatic N) is 2. The normalized spacial score (nSPS) is 15.2. The molecule has 1 unspecified atom stereocenters. The van der Waals surface area contributed by atoms with Crippen LogP contribution in [-0.2, 0) is 17.7 Å². The fourth-order valence-corrected chi connectivity index (χ4v) is 3.76. The van der Waals surface area contributed by atoms with E-state index in [1.165, 1.54) is 11.1 Å². The number of nitrogens with one attached hydrogen (secondary N) is 2. The number of benzene rings is 2. The molecule has 0 amide bonds. The second-order valence-corrected chi connectivity index (χ2v) is 7.97. The van der Waals surface area contributed by atoms with E-state index in [9.17, 15) is 5.11 Å². The zero-order chi connectivity index (χ0) is 22.6. The van der Waals surface area contributed by atoms with Crippen molar-refractivity contribution >= 4 is 11.6 Å². The Morgan fingerprint density at radius 2 is 2.00 bits per heavy atom. The Labute approximate surface area is 191 Å². The molecular formula is C25H36N4O3. The summed E-state index contributed by atoms with van der Waals surface area (Å²) in [7, 11) is 1.69. The lowest BCUT2D eigenvalue weighted by atomic mass is 10.00. The minimum atomic E-state index is -0.522. The lowest BCUT2D eigenvalue weighted by Gasteiger charge is -2.30. The van der Waals surface area contributed by atoms with Crippen LogP contribution in [0.5, 0.6) is 5.75 Å². The molecular weight excluding hydrogens is 404 g/mol. The molecule has 7 nitrogen and oxygen atoms in total. The lowest BCUT2D eigenvalue weighted by Crippen LogP contribution is -2.38. The van der Waals surface area contributed by atoms with Crippen molar-refractivity contribution in [1.82, 2.24) is 10.2 Å². The van der Waals surface area contributed by atoms with Gasteiger partial charge in [-0.3, -0.25) is 9.89 Å². The largest absolute Gasteiger partial charge is 0.493 e. The van der Waals surface area contributed by atoms with E-state index in [-0.39, 0.29) is 0 Å². The van der Waals surface area contributed by atoms with E-state index in [0.717, 1.165) is 43.9 Å². The number of guanidine groups is 1. The Balaban J connectivity index is 1.51. The molecule has 7 heteroatoms. The molecule has 3 N–H and O–H groups in total. The van der Waals surface area contributed by atoms with Crippen molar-refractivity contribution in [3.8, 4) is 5.75 Å². The van der Waals surface area contributed by atoms with Crippen LogP contribution >= 0.6 is 0 Å². The molecule has 0 saturated carbocycles. The molecule has 0 spiro atoms. The van der Waals surface area contributed by atoms with Crippen molar-refractivity contribution < 1.29 is 14.6 Å². The van der Waals surface area contributed by atoms with Gasteiger partial charge in [0.15, 0.2) is 5.96 Å². The van der Waals surface area contributed by atoms with Crippen molar-refractivity contribution in [3.63, 3.8) is 0 Å². The molecule has 3 rings (SSSR count). The zero-order valence-corrected chi connectivity index (χ0v) is 19.2. The highest BCUT2D eigenvalue weighted by atomic mass is 16.5. The van der Waals surface area contributed by atoms with Crippen LogP contribution in [0.25, 0.3) is 0 Å². The van der Waals surface area contributed by atoms with E-state index in [0.29, 0.717) is 32.3 Å². The van der Waals surface area contributed by atoms with E-state index >= 15 is 0 Å². The number of anilines is 1. The summed E-state index contributed by atoms with van der Waals surface area (Å²) < 4.78 is 10.8. The van der Waals surface area contributed by atoms with Gasteiger partial charge in [-0.05, 0) is 36.6 Å². The van der Waals surface area contributed by atoms with Crippen LogP contribution in [0.3, 0.4) is 0 Å². The molecule has 0 fully saturated rings. The number of fused-ring (bicyclic) bond motifs is 1. The van der Waals surface area contributed by atoms with Crippen molar-refractivity contribution in [2.45, 2.75) is 32.4 Å². The molecule has 1 aliphatic heterocycles. The van der Waals surface area contributed by atoms with E-state index in [2.05, 4.69) is 44.8 Å². The van der Waals surface area contributed by atoms with Crippen LogP contribution in [0.4, 0.5) is 5.69 Å². The Kier molecular flexibility index (Phi) is 9.81. The van der Waals surface area contributed by atoms with Crippen LogP contribution in [0.1, 0.15) is 24.5 Å². The molecule has 32 heavy (non-hydrogen) atoms. The van der Waals surface area contributed by atoms with Gasteiger partial charge < -0.3 is 25.2 Å². The quantitative estimate of drug-likeness (QED) is 0.283. The zero-order valence-electron chi connectivity index (χ0n) is 19.2. The third-order valence-electron chi connectivity index (χ3n) is 5.34. The second kappa shape index (κ2) is 13.1. The van der Waals surface area contributed by atoms with Crippen LogP contribution in [-0.4, -0.2) is 68.6 Å². The number of ether oxygens (including phenoxy) is 2. The Morgan fingerprint density at radius 1 is 1.16 bits per heavy atom. The highest BCUT2D eigenvalue weighted by Crippen LogP contribution is 2.19. The summed E-state index contributed by atoms with van der Waals surface area (Å²) >= 11 is 0. The summed E-state index contributed by atoms with van der Waals surface area (Å²) in [6.45, 7) is 6.84. The highest BCUT2D eigenvalue weighted by molar-refractivity contribution is 5.93. The smallest absolute Gasteiger partial charge is 0.195 e.